The first-order valence-electron chi connectivity index (χ1n) is 3.11. The largest absolute Gasteiger partial charge is 0.479 e. The van der Waals surface area contributed by atoms with Crippen LogP contribution in [0, 0.1) is 5.41 Å². The number of carboxylic acids is 2. The second kappa shape index (κ2) is 6.62. The number of aliphatic hydroxyl groups excluding tert-OH is 2. The molecule has 0 aromatic heterocycles. The van der Waals surface area contributed by atoms with E-state index in [-0.39, 0.29) is 5.96 Å². The molecular formula is C5H11N3O6. The summed E-state index contributed by atoms with van der Waals surface area (Å²) in [7, 11) is 0. The first-order valence-corrected chi connectivity index (χ1v) is 3.11. The Morgan fingerprint density at radius 1 is 1.00 bits per heavy atom. The van der Waals surface area contributed by atoms with Crippen molar-refractivity contribution in [3.8, 4) is 0 Å². The Morgan fingerprint density at radius 3 is 1.21 bits per heavy atom. The summed E-state index contributed by atoms with van der Waals surface area (Å²) in [4.78, 5) is 19.5. The Balaban J connectivity index is 0. The number of aliphatic carboxylic acids is 2. The van der Waals surface area contributed by atoms with Crippen LogP contribution in [-0.2, 0) is 9.59 Å². The predicted octanol–water partition coefficient (Wildman–Crippen LogP) is -3.28. The monoisotopic (exact) mass is 209 g/mol. The molecule has 0 fully saturated rings. The van der Waals surface area contributed by atoms with Gasteiger partial charge in [-0.15, -0.1) is 0 Å². The van der Waals surface area contributed by atoms with Gasteiger partial charge in [0.15, 0.2) is 18.2 Å². The van der Waals surface area contributed by atoms with Crippen molar-refractivity contribution in [2.75, 3.05) is 0 Å². The van der Waals surface area contributed by atoms with Gasteiger partial charge in [-0.2, -0.15) is 0 Å². The van der Waals surface area contributed by atoms with E-state index >= 15 is 0 Å². The highest BCUT2D eigenvalue weighted by Gasteiger charge is 2.29. The second-order valence-corrected chi connectivity index (χ2v) is 2.02. The fourth-order valence-corrected chi connectivity index (χ4v) is 0.270. The van der Waals surface area contributed by atoms with Gasteiger partial charge in [0.25, 0.3) is 0 Å². The fourth-order valence-electron chi connectivity index (χ4n) is 0.270. The summed E-state index contributed by atoms with van der Waals surface area (Å²) in [5.41, 5.74) is 8.94. The van der Waals surface area contributed by atoms with Crippen LogP contribution >= 0.6 is 0 Å². The number of hydrogen-bond acceptors (Lipinski definition) is 5. The Kier molecular flexibility index (Phi) is 6.93. The zero-order valence-electron chi connectivity index (χ0n) is 6.91. The summed E-state index contributed by atoms with van der Waals surface area (Å²) in [5, 5.41) is 38.6. The van der Waals surface area contributed by atoms with Crippen LogP contribution in [0.4, 0.5) is 0 Å². The number of nitrogens with one attached hydrogen (secondary N) is 1. The van der Waals surface area contributed by atoms with Crippen molar-refractivity contribution in [3.05, 3.63) is 0 Å². The molecule has 2 atom stereocenters. The average molecular weight is 209 g/mol. The number of carbonyl (C=O) groups is 2. The maximum atomic E-state index is 9.77. The summed E-state index contributed by atoms with van der Waals surface area (Å²) in [6.45, 7) is 0. The quantitative estimate of drug-likeness (QED) is 0.186. The highest BCUT2D eigenvalue weighted by molar-refractivity contribution is 5.83. The number of rotatable bonds is 3. The van der Waals surface area contributed by atoms with Gasteiger partial charge in [0, 0.05) is 0 Å². The first kappa shape index (κ1) is 14.6. The Bertz CT molecular complexity index is 208. The molecule has 0 saturated carbocycles. The fraction of sp³-hybridized carbons (Fsp3) is 0.400. The van der Waals surface area contributed by atoms with Gasteiger partial charge in [0.05, 0.1) is 0 Å². The first-order chi connectivity index (χ1) is 6.20. The standard InChI is InChI=1S/C4H6O6.CH5N3/c5-1(3(7)8)2(6)4(9)10;2-1(3)4/h1-2,5-6H,(H,7,8)(H,9,10);(H5,2,3,4). The third kappa shape index (κ3) is 8.23. The molecule has 14 heavy (non-hydrogen) atoms. The lowest BCUT2D eigenvalue weighted by Crippen LogP contribution is -2.39. The molecule has 0 aromatic rings. The molecule has 9 N–H and O–H groups in total. The third-order valence-electron chi connectivity index (χ3n) is 0.805. The van der Waals surface area contributed by atoms with Crippen LogP contribution in [0.15, 0.2) is 0 Å². The maximum absolute atomic E-state index is 9.77. The topological polar surface area (TPSA) is 191 Å². The van der Waals surface area contributed by atoms with E-state index in [1.54, 1.807) is 0 Å². The summed E-state index contributed by atoms with van der Waals surface area (Å²) < 4.78 is 0. The van der Waals surface area contributed by atoms with E-state index < -0.39 is 24.1 Å². The van der Waals surface area contributed by atoms with Crippen LogP contribution in [-0.4, -0.2) is 50.5 Å². The van der Waals surface area contributed by atoms with Crippen LogP contribution in [0.5, 0.6) is 0 Å². The van der Waals surface area contributed by atoms with Crippen molar-refractivity contribution in [3.63, 3.8) is 0 Å². The van der Waals surface area contributed by atoms with E-state index in [9.17, 15) is 9.59 Å². The number of carboxylic acid groups (broad SMARTS) is 2. The molecule has 0 aliphatic carbocycles. The van der Waals surface area contributed by atoms with Gasteiger partial charge in [-0.05, 0) is 0 Å². The SMILES string of the molecule is N=C(N)N.O=C(O)C(O)C(O)C(=O)O. The lowest BCUT2D eigenvalue weighted by atomic mass is 10.2. The molecule has 0 amide bonds. The van der Waals surface area contributed by atoms with Gasteiger partial charge in [-0.25, -0.2) is 9.59 Å². The van der Waals surface area contributed by atoms with Gasteiger partial charge in [0.2, 0.25) is 0 Å². The van der Waals surface area contributed by atoms with E-state index in [1.165, 1.54) is 0 Å². The van der Waals surface area contributed by atoms with Gasteiger partial charge < -0.3 is 31.9 Å². The summed E-state index contributed by atoms with van der Waals surface area (Å²) in [6, 6.07) is 0. The Morgan fingerprint density at radius 2 is 1.14 bits per heavy atom. The van der Waals surface area contributed by atoms with E-state index in [1.807, 2.05) is 0 Å². The molecule has 0 spiro atoms. The predicted molar refractivity (Wildman–Crippen MR) is 43.4 cm³/mol. The minimum atomic E-state index is -2.27. The van der Waals surface area contributed by atoms with Crippen LogP contribution in [0.25, 0.3) is 0 Å². The van der Waals surface area contributed by atoms with Crippen LogP contribution in [0.2, 0.25) is 0 Å². The average Bonchev–Trinajstić information content (AvgIpc) is 2.00. The smallest absolute Gasteiger partial charge is 0.335 e. The molecule has 0 saturated heterocycles. The van der Waals surface area contributed by atoms with E-state index in [0.29, 0.717) is 0 Å². The highest BCUT2D eigenvalue weighted by atomic mass is 16.4. The van der Waals surface area contributed by atoms with Gasteiger partial charge in [-0.1, -0.05) is 0 Å². The van der Waals surface area contributed by atoms with Crippen molar-refractivity contribution >= 4 is 17.9 Å². The Hall–Kier alpha value is -1.87. The van der Waals surface area contributed by atoms with E-state index in [4.69, 9.17) is 25.8 Å². The molecular weight excluding hydrogens is 198 g/mol. The molecule has 9 nitrogen and oxygen atoms in total. The zero-order valence-corrected chi connectivity index (χ0v) is 6.91. The lowest BCUT2D eigenvalue weighted by Gasteiger charge is -2.07. The van der Waals surface area contributed by atoms with Crippen LogP contribution < -0.4 is 11.5 Å². The van der Waals surface area contributed by atoms with Crippen molar-refractivity contribution in [2.45, 2.75) is 12.2 Å². The van der Waals surface area contributed by atoms with Crippen LogP contribution in [0.1, 0.15) is 0 Å². The van der Waals surface area contributed by atoms with Crippen LogP contribution in [0.3, 0.4) is 0 Å². The number of guanidine groups is 1. The minimum absolute atomic E-state index is 0.333. The molecule has 0 radical (unpaired) electrons. The Labute approximate surface area is 78.1 Å². The molecule has 0 aliphatic heterocycles. The van der Waals surface area contributed by atoms with Gasteiger partial charge in [0.1, 0.15) is 0 Å². The highest BCUT2D eigenvalue weighted by Crippen LogP contribution is 1.92. The van der Waals surface area contributed by atoms with E-state index in [0.717, 1.165) is 0 Å². The summed E-state index contributed by atoms with van der Waals surface area (Å²) >= 11 is 0. The number of nitrogens with two attached hydrogens (primary N) is 2. The summed E-state index contributed by atoms with van der Waals surface area (Å²) in [5.74, 6) is -3.87. The molecule has 2 unspecified atom stereocenters. The van der Waals surface area contributed by atoms with Gasteiger partial charge in [-0.3, -0.25) is 5.41 Å². The second-order valence-electron chi connectivity index (χ2n) is 2.02. The van der Waals surface area contributed by atoms with Crippen molar-refractivity contribution in [1.82, 2.24) is 0 Å². The molecule has 0 heterocycles. The van der Waals surface area contributed by atoms with E-state index in [2.05, 4.69) is 11.5 Å². The number of aliphatic hydroxyl groups is 2. The molecule has 0 rings (SSSR count). The molecule has 0 aliphatic rings. The van der Waals surface area contributed by atoms with Crippen molar-refractivity contribution < 1.29 is 30.0 Å². The maximum Gasteiger partial charge on any atom is 0.335 e. The van der Waals surface area contributed by atoms with Crippen molar-refractivity contribution in [2.24, 2.45) is 11.5 Å². The molecule has 0 bridgehead atoms. The lowest BCUT2D eigenvalue weighted by molar-refractivity contribution is -0.165. The molecule has 9 heteroatoms. The van der Waals surface area contributed by atoms with Crippen molar-refractivity contribution in [1.29, 1.82) is 5.41 Å². The number of hydrogen-bond donors (Lipinski definition) is 7. The molecule has 0 aromatic carbocycles. The zero-order chi connectivity index (χ0) is 11.9. The van der Waals surface area contributed by atoms with Gasteiger partial charge >= 0.3 is 11.9 Å². The normalized spacial score (nSPS) is 13.0. The third-order valence-corrected chi connectivity index (χ3v) is 0.805. The minimum Gasteiger partial charge on any atom is -0.479 e. The molecule has 82 valence electrons. The summed E-state index contributed by atoms with van der Waals surface area (Å²) in [6.07, 6.45) is -4.53.